The second-order valence-electron chi connectivity index (χ2n) is 5.82. The van der Waals surface area contributed by atoms with E-state index in [0.29, 0.717) is 21.4 Å². The van der Waals surface area contributed by atoms with Crippen LogP contribution < -0.4 is 5.32 Å². The summed E-state index contributed by atoms with van der Waals surface area (Å²) >= 11 is 3.44. The lowest BCUT2D eigenvalue weighted by Gasteiger charge is -2.49. The molecule has 2 atom stereocenters. The number of aliphatic carboxylic acids is 1. The van der Waals surface area contributed by atoms with Gasteiger partial charge in [-0.05, 0) is 24.3 Å². The van der Waals surface area contributed by atoms with Crippen LogP contribution in [0.1, 0.15) is 5.01 Å². The van der Waals surface area contributed by atoms with Crippen molar-refractivity contribution < 1.29 is 32.7 Å². The minimum atomic E-state index is -4.55. The topological polar surface area (TPSA) is 112 Å². The highest BCUT2D eigenvalue weighted by Gasteiger charge is 2.54. The van der Waals surface area contributed by atoms with E-state index in [1.807, 2.05) is 0 Å². The van der Waals surface area contributed by atoms with Crippen molar-refractivity contribution in [2.45, 2.75) is 28.2 Å². The third kappa shape index (κ3) is 5.19. The van der Waals surface area contributed by atoms with E-state index in [-0.39, 0.29) is 5.70 Å². The van der Waals surface area contributed by atoms with Crippen LogP contribution in [0.4, 0.5) is 13.2 Å². The molecule has 0 aromatic carbocycles. The fourth-order valence-corrected chi connectivity index (χ4v) is 6.32. The average molecular weight is 487 g/mol. The Hall–Kier alpha value is -1.45. The van der Waals surface area contributed by atoms with Gasteiger partial charge in [0.2, 0.25) is 5.91 Å². The number of amides is 2. The number of hydrogen-bond donors (Lipinski definition) is 2. The number of carboxylic acids is 1. The lowest BCUT2D eigenvalue weighted by atomic mass is 10.0. The number of nitrogens with one attached hydrogen (secondary N) is 1. The van der Waals surface area contributed by atoms with Gasteiger partial charge < -0.3 is 10.4 Å². The van der Waals surface area contributed by atoms with E-state index >= 15 is 0 Å². The van der Waals surface area contributed by atoms with Crippen LogP contribution in [0.3, 0.4) is 0 Å². The van der Waals surface area contributed by atoms with Crippen LogP contribution in [0.2, 0.25) is 0 Å². The minimum Gasteiger partial charge on any atom is -0.477 e. The molecule has 0 aliphatic carbocycles. The molecule has 15 heteroatoms. The Labute approximate surface area is 179 Å². The summed E-state index contributed by atoms with van der Waals surface area (Å²) < 4.78 is 37.3. The lowest BCUT2D eigenvalue weighted by molar-refractivity contribution is -0.150. The maximum Gasteiger partial charge on any atom is 0.442 e. The van der Waals surface area contributed by atoms with Gasteiger partial charge in [-0.2, -0.15) is 13.2 Å². The predicted molar refractivity (Wildman–Crippen MR) is 104 cm³/mol. The quantitative estimate of drug-likeness (QED) is 0.441. The summed E-state index contributed by atoms with van der Waals surface area (Å²) in [7, 11) is 0. The van der Waals surface area contributed by atoms with Crippen molar-refractivity contribution in [2.75, 3.05) is 17.3 Å². The highest BCUT2D eigenvalue weighted by Crippen LogP contribution is 2.42. The zero-order chi connectivity index (χ0) is 21.3. The number of hydrogen-bond acceptors (Lipinski definition) is 9. The SMILES string of the molecule is Cc1nnc(SCC2=C(C(=O)O)N3C(=O)C(NC(=O)CSC(F)(F)F)[C@@H]3SC2)s1. The van der Waals surface area contributed by atoms with Crippen molar-refractivity contribution in [1.29, 1.82) is 0 Å². The molecule has 1 fully saturated rings. The van der Waals surface area contributed by atoms with Gasteiger partial charge in [0.15, 0.2) is 4.34 Å². The van der Waals surface area contributed by atoms with Crippen LogP contribution in [-0.4, -0.2) is 72.2 Å². The zero-order valence-corrected chi connectivity index (χ0v) is 17.8. The molecule has 158 valence electrons. The Morgan fingerprint density at radius 2 is 2.10 bits per heavy atom. The Morgan fingerprint density at radius 3 is 2.69 bits per heavy atom. The first-order valence-corrected chi connectivity index (χ1v) is 11.7. The van der Waals surface area contributed by atoms with Crippen LogP contribution in [-0.2, 0) is 14.4 Å². The zero-order valence-electron chi connectivity index (χ0n) is 14.6. The number of carbonyl (C=O) groups excluding carboxylic acids is 2. The maximum absolute atomic E-state index is 12.4. The summed E-state index contributed by atoms with van der Waals surface area (Å²) in [5.74, 6) is -3.11. The maximum atomic E-state index is 12.4. The molecule has 8 nitrogen and oxygen atoms in total. The monoisotopic (exact) mass is 486 g/mol. The highest BCUT2D eigenvalue weighted by molar-refractivity contribution is 8.02. The third-order valence-corrected chi connectivity index (χ3v) is 7.94. The van der Waals surface area contributed by atoms with E-state index in [4.69, 9.17) is 0 Å². The molecule has 3 rings (SSSR count). The first kappa shape index (κ1) is 22.2. The van der Waals surface area contributed by atoms with Gasteiger partial charge in [0.25, 0.3) is 5.91 Å². The van der Waals surface area contributed by atoms with Crippen molar-refractivity contribution in [3.8, 4) is 0 Å². The second-order valence-corrected chi connectivity index (χ2v) is 10.4. The number of rotatable bonds is 7. The first-order chi connectivity index (χ1) is 13.6. The largest absolute Gasteiger partial charge is 0.477 e. The van der Waals surface area contributed by atoms with Crippen molar-refractivity contribution in [3.05, 3.63) is 16.3 Å². The number of β-lactam (4-membered cyclic amide) rings is 1. The van der Waals surface area contributed by atoms with Crippen molar-refractivity contribution in [1.82, 2.24) is 20.4 Å². The molecule has 3 heterocycles. The number of thioether (sulfide) groups is 3. The summed E-state index contributed by atoms with van der Waals surface area (Å²) in [4.78, 5) is 36.9. The Morgan fingerprint density at radius 1 is 1.38 bits per heavy atom. The molecule has 2 N–H and O–H groups in total. The lowest BCUT2D eigenvalue weighted by Crippen LogP contribution is -2.70. The van der Waals surface area contributed by atoms with Crippen LogP contribution in [0.25, 0.3) is 0 Å². The number of alkyl halides is 3. The first-order valence-electron chi connectivity index (χ1n) is 7.90. The fraction of sp³-hybridized carbons (Fsp3) is 0.500. The second kappa shape index (κ2) is 8.73. The molecule has 1 aromatic rings. The molecular weight excluding hydrogens is 473 g/mol. The highest BCUT2D eigenvalue weighted by atomic mass is 32.2. The van der Waals surface area contributed by atoms with Gasteiger partial charge in [-0.25, -0.2) is 4.79 Å². The van der Waals surface area contributed by atoms with E-state index in [9.17, 15) is 32.7 Å². The number of carboxylic acid groups (broad SMARTS) is 1. The molecule has 2 aliphatic rings. The smallest absolute Gasteiger partial charge is 0.442 e. The van der Waals surface area contributed by atoms with E-state index in [0.717, 1.165) is 9.91 Å². The summed E-state index contributed by atoms with van der Waals surface area (Å²) in [6, 6.07) is -1.05. The van der Waals surface area contributed by atoms with Crippen LogP contribution >= 0.6 is 46.6 Å². The van der Waals surface area contributed by atoms with Crippen molar-refractivity contribution in [3.63, 3.8) is 0 Å². The summed E-state index contributed by atoms with van der Waals surface area (Å²) in [5.41, 5.74) is -4.17. The molecule has 0 bridgehead atoms. The van der Waals surface area contributed by atoms with E-state index in [1.165, 1.54) is 34.9 Å². The Kier molecular flexibility index (Phi) is 6.70. The van der Waals surface area contributed by atoms with Crippen LogP contribution in [0.15, 0.2) is 15.6 Å². The normalized spacial score (nSPS) is 21.7. The van der Waals surface area contributed by atoms with Crippen molar-refractivity contribution >= 4 is 64.4 Å². The number of aromatic nitrogens is 2. The van der Waals surface area contributed by atoms with E-state index in [2.05, 4.69) is 15.5 Å². The predicted octanol–water partition coefficient (Wildman–Crippen LogP) is 1.93. The average Bonchev–Trinajstić information content (AvgIpc) is 3.06. The molecule has 1 saturated heterocycles. The number of carbonyl (C=O) groups is 3. The molecule has 0 radical (unpaired) electrons. The summed E-state index contributed by atoms with van der Waals surface area (Å²) in [6.07, 6.45) is 0. The van der Waals surface area contributed by atoms with Crippen LogP contribution in [0.5, 0.6) is 0 Å². The van der Waals surface area contributed by atoms with E-state index in [1.54, 1.807) is 6.92 Å². The number of aryl methyl sites for hydroxylation is 1. The molecule has 1 aromatic heterocycles. The molecule has 29 heavy (non-hydrogen) atoms. The molecule has 2 amide bonds. The van der Waals surface area contributed by atoms with Gasteiger partial charge in [-0.15, -0.1) is 22.0 Å². The Balaban J connectivity index is 1.66. The summed E-state index contributed by atoms with van der Waals surface area (Å²) in [6.45, 7) is 1.80. The Bertz CT molecular complexity index is 875. The molecule has 2 aliphatic heterocycles. The van der Waals surface area contributed by atoms with Crippen molar-refractivity contribution in [2.24, 2.45) is 0 Å². The molecule has 0 saturated carbocycles. The molecule has 0 spiro atoms. The minimum absolute atomic E-state index is 0.150. The van der Waals surface area contributed by atoms with Gasteiger partial charge >= 0.3 is 11.5 Å². The summed E-state index contributed by atoms with van der Waals surface area (Å²) in [5, 5.41) is 19.8. The number of halogens is 3. The van der Waals surface area contributed by atoms with Crippen LogP contribution in [0, 0.1) is 6.92 Å². The standard InChI is InChI=1S/C14H13F3N4O4S4/c1-5-19-20-13(29-5)27-3-6-2-26-11-8(10(23)21(11)9(6)12(24)25)18-7(22)4-28-14(15,16)17/h8,11H,2-4H2,1H3,(H,18,22)(H,24,25)/t8?,11-/m0/s1. The van der Waals surface area contributed by atoms with Gasteiger partial charge in [-0.1, -0.05) is 23.1 Å². The number of fused-ring (bicyclic) bond motifs is 1. The van der Waals surface area contributed by atoms with Gasteiger partial charge in [-0.3, -0.25) is 14.5 Å². The van der Waals surface area contributed by atoms with Gasteiger partial charge in [0.1, 0.15) is 22.1 Å². The third-order valence-electron chi connectivity index (χ3n) is 3.81. The fourth-order valence-electron chi connectivity index (χ4n) is 2.64. The molecule has 1 unspecified atom stereocenters. The number of nitrogens with zero attached hydrogens (tertiary/aromatic N) is 3. The molecular formula is C14H13F3N4O4S4. The van der Waals surface area contributed by atoms with Gasteiger partial charge in [0, 0.05) is 11.5 Å². The van der Waals surface area contributed by atoms with Gasteiger partial charge in [0.05, 0.1) is 5.75 Å². The van der Waals surface area contributed by atoms with E-state index < -0.39 is 52.2 Å².